The molecule has 0 bridgehead atoms. The van der Waals surface area contributed by atoms with E-state index in [1.165, 1.54) is 0 Å². The van der Waals surface area contributed by atoms with Crippen LogP contribution in [0.2, 0.25) is 0 Å². The van der Waals surface area contributed by atoms with E-state index in [2.05, 4.69) is 30.4 Å². The van der Waals surface area contributed by atoms with Gasteiger partial charge in [0.2, 0.25) is 0 Å². The van der Waals surface area contributed by atoms with Crippen LogP contribution in [0.5, 0.6) is 11.5 Å². The molecule has 0 saturated carbocycles. The first-order chi connectivity index (χ1) is 24.3. The van der Waals surface area contributed by atoms with Crippen molar-refractivity contribution < 1.29 is 28.5 Å². The summed E-state index contributed by atoms with van der Waals surface area (Å²) in [6, 6.07) is 14.9. The predicted octanol–water partition coefficient (Wildman–Crippen LogP) is 4.95. The van der Waals surface area contributed by atoms with Crippen molar-refractivity contribution >= 4 is 23.2 Å². The molecule has 50 heavy (non-hydrogen) atoms. The minimum atomic E-state index is -0.335. The summed E-state index contributed by atoms with van der Waals surface area (Å²) in [7, 11) is 3.20. The van der Waals surface area contributed by atoms with Crippen molar-refractivity contribution in [3.8, 4) is 22.6 Å². The molecule has 2 amide bonds. The van der Waals surface area contributed by atoms with E-state index in [4.69, 9.17) is 18.9 Å². The lowest BCUT2D eigenvalue weighted by Gasteiger charge is -2.27. The summed E-state index contributed by atoms with van der Waals surface area (Å²) < 4.78 is 22.2. The highest BCUT2D eigenvalue weighted by Gasteiger charge is 2.20. The van der Waals surface area contributed by atoms with E-state index in [9.17, 15) is 9.59 Å². The molecule has 6 rings (SSSR count). The van der Waals surface area contributed by atoms with Gasteiger partial charge in [0.05, 0.1) is 40.6 Å². The Morgan fingerprint density at radius 3 is 1.46 bits per heavy atom. The topological polar surface area (TPSA) is 127 Å². The Morgan fingerprint density at radius 1 is 0.680 bits per heavy atom. The standard InChI is InChI=1S/C38H44N6O6/c1-25-29(7-5-9-31(25)41-37(45)33-19-35(47-3)27(21-39-33)23-43-11-15-49-16-12-43)30-8-6-10-32(26(30)2)42-38(46)34-20-36(48-4)28(22-40-34)24-44-13-17-50-18-14-44/h5-10,19-22H,11-18,23-24H2,1-4H3,(H,41,45)(H,42,46). The maximum Gasteiger partial charge on any atom is 0.274 e. The van der Waals surface area contributed by atoms with E-state index in [0.717, 1.165) is 59.6 Å². The number of ether oxygens (including phenoxy) is 4. The zero-order valence-corrected chi connectivity index (χ0v) is 29.1. The van der Waals surface area contributed by atoms with Gasteiger partial charge in [-0.2, -0.15) is 0 Å². The maximum absolute atomic E-state index is 13.4. The van der Waals surface area contributed by atoms with Crippen LogP contribution in [0.25, 0.3) is 11.1 Å². The number of pyridine rings is 2. The van der Waals surface area contributed by atoms with Gasteiger partial charge in [-0.3, -0.25) is 29.4 Å². The Bertz CT molecular complexity index is 1700. The van der Waals surface area contributed by atoms with Crippen molar-refractivity contribution in [2.75, 3.05) is 77.5 Å². The van der Waals surface area contributed by atoms with Gasteiger partial charge in [0, 0.05) is 86.3 Å². The lowest BCUT2D eigenvalue weighted by Crippen LogP contribution is -2.35. The lowest BCUT2D eigenvalue weighted by atomic mass is 9.94. The first-order valence-electron chi connectivity index (χ1n) is 16.8. The summed E-state index contributed by atoms with van der Waals surface area (Å²) in [4.78, 5) is 40.3. The number of carbonyl (C=O) groups is 2. The normalized spacial score (nSPS) is 15.4. The average molecular weight is 681 g/mol. The summed E-state index contributed by atoms with van der Waals surface area (Å²) >= 11 is 0. The van der Waals surface area contributed by atoms with Crippen LogP contribution < -0.4 is 20.1 Å². The highest BCUT2D eigenvalue weighted by atomic mass is 16.5. The monoisotopic (exact) mass is 680 g/mol. The number of hydrogen-bond acceptors (Lipinski definition) is 10. The number of anilines is 2. The molecule has 4 aromatic rings. The number of methoxy groups -OCH3 is 2. The Kier molecular flexibility index (Phi) is 11.3. The fraction of sp³-hybridized carbons (Fsp3) is 0.368. The fourth-order valence-corrected chi connectivity index (χ4v) is 6.30. The molecule has 0 radical (unpaired) electrons. The predicted molar refractivity (Wildman–Crippen MR) is 191 cm³/mol. The fourth-order valence-electron chi connectivity index (χ4n) is 6.30. The molecule has 2 aliphatic rings. The molecule has 12 heteroatoms. The molecule has 12 nitrogen and oxygen atoms in total. The third kappa shape index (κ3) is 8.11. The Balaban J connectivity index is 1.16. The highest BCUT2D eigenvalue weighted by Crippen LogP contribution is 2.34. The Labute approximate surface area is 292 Å². The molecule has 2 aliphatic heterocycles. The van der Waals surface area contributed by atoms with Crippen LogP contribution >= 0.6 is 0 Å². The van der Waals surface area contributed by atoms with Crippen molar-refractivity contribution in [2.24, 2.45) is 0 Å². The highest BCUT2D eigenvalue weighted by molar-refractivity contribution is 6.05. The number of amides is 2. The number of rotatable bonds is 11. The van der Waals surface area contributed by atoms with E-state index in [1.807, 2.05) is 50.2 Å². The van der Waals surface area contributed by atoms with Gasteiger partial charge in [-0.15, -0.1) is 0 Å². The molecule has 2 N–H and O–H groups in total. The third-order valence-electron chi connectivity index (χ3n) is 9.24. The molecular formula is C38H44N6O6. The summed E-state index contributed by atoms with van der Waals surface area (Å²) in [6.45, 7) is 11.4. The first kappa shape index (κ1) is 35.0. The quantitative estimate of drug-likeness (QED) is 0.225. The van der Waals surface area contributed by atoms with Crippen LogP contribution in [-0.2, 0) is 22.6 Å². The van der Waals surface area contributed by atoms with Crippen LogP contribution in [0, 0.1) is 13.8 Å². The van der Waals surface area contributed by atoms with Gasteiger partial charge in [0.15, 0.2) is 0 Å². The zero-order valence-electron chi connectivity index (χ0n) is 29.1. The molecule has 4 heterocycles. The van der Waals surface area contributed by atoms with Crippen molar-refractivity contribution in [3.05, 3.63) is 94.6 Å². The minimum absolute atomic E-state index is 0.262. The third-order valence-corrected chi connectivity index (χ3v) is 9.24. The second-order valence-electron chi connectivity index (χ2n) is 12.4. The van der Waals surface area contributed by atoms with Crippen molar-refractivity contribution in [1.82, 2.24) is 19.8 Å². The molecule has 0 unspecified atom stereocenters. The molecule has 262 valence electrons. The number of morpholine rings is 2. The van der Waals surface area contributed by atoms with Crippen LogP contribution in [0.3, 0.4) is 0 Å². The van der Waals surface area contributed by atoms with Crippen LogP contribution in [0.15, 0.2) is 60.9 Å². The molecule has 0 spiro atoms. The van der Waals surface area contributed by atoms with Gasteiger partial charge in [-0.25, -0.2) is 0 Å². The minimum Gasteiger partial charge on any atom is -0.496 e. The lowest BCUT2D eigenvalue weighted by molar-refractivity contribution is 0.0337. The summed E-state index contributed by atoms with van der Waals surface area (Å²) in [5.41, 5.74) is 7.29. The van der Waals surface area contributed by atoms with Crippen molar-refractivity contribution in [3.63, 3.8) is 0 Å². The van der Waals surface area contributed by atoms with Crippen molar-refractivity contribution in [2.45, 2.75) is 26.9 Å². The number of nitrogens with zero attached hydrogens (tertiary/aromatic N) is 4. The van der Waals surface area contributed by atoms with Crippen LogP contribution in [0.4, 0.5) is 11.4 Å². The second-order valence-corrected chi connectivity index (χ2v) is 12.4. The number of nitrogens with one attached hydrogen (secondary N) is 2. The number of carbonyl (C=O) groups excluding carboxylic acids is 2. The molecule has 0 atom stereocenters. The molecule has 2 saturated heterocycles. The molecule has 2 aromatic heterocycles. The molecule has 2 fully saturated rings. The number of aromatic nitrogens is 2. The van der Waals surface area contributed by atoms with Gasteiger partial charge in [0.1, 0.15) is 22.9 Å². The summed E-state index contributed by atoms with van der Waals surface area (Å²) in [5, 5.41) is 6.07. The van der Waals surface area contributed by atoms with E-state index in [0.29, 0.717) is 62.4 Å². The SMILES string of the molecule is COc1cc(C(=O)Nc2cccc(-c3cccc(NC(=O)c4cc(OC)c(CN5CCOCC5)cn4)c3C)c2C)ncc1CN1CCOCC1. The Morgan fingerprint density at radius 2 is 1.08 bits per heavy atom. The number of benzene rings is 2. The van der Waals surface area contributed by atoms with E-state index < -0.39 is 0 Å². The van der Waals surface area contributed by atoms with E-state index in [-0.39, 0.29) is 23.2 Å². The molecular weight excluding hydrogens is 636 g/mol. The number of hydrogen-bond donors (Lipinski definition) is 2. The van der Waals surface area contributed by atoms with Crippen LogP contribution in [0.1, 0.15) is 43.2 Å². The summed E-state index contributed by atoms with van der Waals surface area (Å²) in [5.74, 6) is 0.569. The average Bonchev–Trinajstić information content (AvgIpc) is 3.14. The van der Waals surface area contributed by atoms with Gasteiger partial charge in [0.25, 0.3) is 11.8 Å². The van der Waals surface area contributed by atoms with Gasteiger partial charge < -0.3 is 29.6 Å². The van der Waals surface area contributed by atoms with Gasteiger partial charge in [-0.05, 0) is 48.2 Å². The zero-order chi connectivity index (χ0) is 35.0. The van der Waals surface area contributed by atoms with E-state index in [1.54, 1.807) is 38.7 Å². The second kappa shape index (κ2) is 16.2. The van der Waals surface area contributed by atoms with Crippen molar-refractivity contribution in [1.29, 1.82) is 0 Å². The van der Waals surface area contributed by atoms with E-state index >= 15 is 0 Å². The largest absolute Gasteiger partial charge is 0.496 e. The maximum atomic E-state index is 13.4. The Hall–Kier alpha value is -4.88. The smallest absolute Gasteiger partial charge is 0.274 e. The van der Waals surface area contributed by atoms with Crippen LogP contribution in [-0.4, -0.2) is 98.4 Å². The van der Waals surface area contributed by atoms with Gasteiger partial charge >= 0.3 is 0 Å². The first-order valence-corrected chi connectivity index (χ1v) is 16.8. The summed E-state index contributed by atoms with van der Waals surface area (Å²) in [6.07, 6.45) is 3.42. The van der Waals surface area contributed by atoms with Gasteiger partial charge in [-0.1, -0.05) is 24.3 Å². The molecule has 0 aliphatic carbocycles. The molecule has 2 aromatic carbocycles.